The molecule has 4 rings (SSSR count). The van der Waals surface area contributed by atoms with Gasteiger partial charge in [0.25, 0.3) is 10.0 Å². The summed E-state index contributed by atoms with van der Waals surface area (Å²) in [4.78, 5) is 4.68. The summed E-state index contributed by atoms with van der Waals surface area (Å²) in [6, 6.07) is 21.4. The first kappa shape index (κ1) is 17.3. The first-order valence-electron chi connectivity index (χ1n) is 8.63. The van der Waals surface area contributed by atoms with E-state index in [0.717, 1.165) is 23.1 Å². The van der Waals surface area contributed by atoms with Crippen molar-refractivity contribution in [1.29, 1.82) is 0 Å². The van der Waals surface area contributed by atoms with Crippen molar-refractivity contribution in [3.05, 3.63) is 78.4 Å². The molecule has 5 nitrogen and oxygen atoms in total. The van der Waals surface area contributed by atoms with E-state index in [0.29, 0.717) is 17.2 Å². The van der Waals surface area contributed by atoms with Crippen LogP contribution in [0.2, 0.25) is 0 Å². The molecule has 0 saturated carbocycles. The standard InChI is InChI=1S/C21H18N2O3S/c1-2-15-7-13-18(14-8-15)27(24,25)23-17-11-9-16(10-12-17)21-22-19-5-3-4-6-20(19)26-21/h3-14,23H,2H2,1H3. The monoisotopic (exact) mass is 378 g/mol. The zero-order valence-electron chi connectivity index (χ0n) is 14.7. The van der Waals surface area contributed by atoms with Crippen molar-refractivity contribution in [2.24, 2.45) is 0 Å². The highest BCUT2D eigenvalue weighted by Gasteiger charge is 2.14. The maximum atomic E-state index is 12.5. The summed E-state index contributed by atoms with van der Waals surface area (Å²) in [6.45, 7) is 2.03. The van der Waals surface area contributed by atoms with Gasteiger partial charge in [-0.15, -0.1) is 0 Å². The second-order valence-electron chi connectivity index (χ2n) is 6.17. The Bertz CT molecular complexity index is 1150. The van der Waals surface area contributed by atoms with Gasteiger partial charge in [0.05, 0.1) is 4.90 Å². The van der Waals surface area contributed by atoms with Crippen molar-refractivity contribution in [2.75, 3.05) is 4.72 Å². The second kappa shape index (κ2) is 6.89. The molecule has 0 radical (unpaired) electrons. The molecule has 0 aliphatic rings. The largest absolute Gasteiger partial charge is 0.436 e. The summed E-state index contributed by atoms with van der Waals surface area (Å²) < 4.78 is 33.4. The number of sulfonamides is 1. The molecule has 0 aliphatic heterocycles. The van der Waals surface area contributed by atoms with E-state index < -0.39 is 10.0 Å². The molecule has 0 atom stereocenters. The summed E-state index contributed by atoms with van der Waals surface area (Å²) in [5.41, 5.74) is 3.85. The number of nitrogens with zero attached hydrogens (tertiary/aromatic N) is 1. The van der Waals surface area contributed by atoms with Gasteiger partial charge in [-0.05, 0) is 60.5 Å². The number of para-hydroxylation sites is 2. The average molecular weight is 378 g/mol. The quantitative estimate of drug-likeness (QED) is 0.538. The van der Waals surface area contributed by atoms with Gasteiger partial charge in [0.2, 0.25) is 5.89 Å². The molecule has 0 unspecified atom stereocenters. The van der Waals surface area contributed by atoms with Crippen molar-refractivity contribution >= 4 is 26.8 Å². The predicted octanol–water partition coefficient (Wildman–Crippen LogP) is 4.86. The number of aryl methyl sites for hydroxylation is 1. The van der Waals surface area contributed by atoms with E-state index in [1.807, 2.05) is 43.3 Å². The summed E-state index contributed by atoms with van der Waals surface area (Å²) in [7, 11) is -3.63. The Hall–Kier alpha value is -3.12. The molecule has 0 fully saturated rings. The van der Waals surface area contributed by atoms with E-state index in [1.54, 1.807) is 36.4 Å². The Morgan fingerprint density at radius 1 is 0.926 bits per heavy atom. The smallest absolute Gasteiger partial charge is 0.261 e. The number of nitrogens with one attached hydrogen (secondary N) is 1. The topological polar surface area (TPSA) is 72.2 Å². The summed E-state index contributed by atoms with van der Waals surface area (Å²) in [5, 5.41) is 0. The predicted molar refractivity (Wildman–Crippen MR) is 106 cm³/mol. The highest BCUT2D eigenvalue weighted by Crippen LogP contribution is 2.26. The molecule has 0 amide bonds. The number of rotatable bonds is 5. The molecular formula is C21H18N2O3S. The van der Waals surface area contributed by atoms with Crippen LogP contribution in [0.4, 0.5) is 5.69 Å². The minimum atomic E-state index is -3.63. The fraction of sp³-hybridized carbons (Fsp3) is 0.0952. The Morgan fingerprint density at radius 3 is 2.30 bits per heavy atom. The normalized spacial score (nSPS) is 11.6. The van der Waals surface area contributed by atoms with Crippen molar-refractivity contribution < 1.29 is 12.8 Å². The second-order valence-corrected chi connectivity index (χ2v) is 7.85. The third-order valence-corrected chi connectivity index (χ3v) is 5.72. The van der Waals surface area contributed by atoms with E-state index >= 15 is 0 Å². The molecule has 0 spiro atoms. The van der Waals surface area contributed by atoms with E-state index in [2.05, 4.69) is 9.71 Å². The van der Waals surface area contributed by atoms with Crippen LogP contribution in [-0.4, -0.2) is 13.4 Å². The Balaban J connectivity index is 1.56. The van der Waals surface area contributed by atoms with Crippen LogP contribution in [-0.2, 0) is 16.4 Å². The number of hydrogen-bond donors (Lipinski definition) is 1. The van der Waals surface area contributed by atoms with Crippen LogP contribution in [0.3, 0.4) is 0 Å². The molecular weight excluding hydrogens is 360 g/mol. The van der Waals surface area contributed by atoms with Gasteiger partial charge in [-0.1, -0.05) is 31.2 Å². The average Bonchev–Trinajstić information content (AvgIpc) is 3.12. The Kier molecular flexibility index (Phi) is 4.41. The molecule has 1 N–H and O–H groups in total. The molecule has 0 saturated heterocycles. The lowest BCUT2D eigenvalue weighted by Crippen LogP contribution is -2.12. The van der Waals surface area contributed by atoms with E-state index in [9.17, 15) is 8.42 Å². The third-order valence-electron chi connectivity index (χ3n) is 4.32. The van der Waals surface area contributed by atoms with E-state index in [4.69, 9.17) is 4.42 Å². The van der Waals surface area contributed by atoms with Gasteiger partial charge >= 0.3 is 0 Å². The molecule has 1 heterocycles. The molecule has 4 aromatic rings. The summed E-state index contributed by atoms with van der Waals surface area (Å²) >= 11 is 0. The number of benzene rings is 3. The minimum absolute atomic E-state index is 0.239. The maximum Gasteiger partial charge on any atom is 0.261 e. The number of aromatic nitrogens is 1. The van der Waals surface area contributed by atoms with Crippen molar-refractivity contribution in [3.63, 3.8) is 0 Å². The van der Waals surface area contributed by atoms with Gasteiger partial charge in [0.1, 0.15) is 5.52 Å². The van der Waals surface area contributed by atoms with Gasteiger partial charge < -0.3 is 4.42 Å². The zero-order valence-corrected chi connectivity index (χ0v) is 15.5. The van der Waals surface area contributed by atoms with Gasteiger partial charge in [-0.3, -0.25) is 4.72 Å². The Morgan fingerprint density at radius 2 is 1.63 bits per heavy atom. The highest BCUT2D eigenvalue weighted by atomic mass is 32.2. The SMILES string of the molecule is CCc1ccc(S(=O)(=O)Nc2ccc(-c3nc4ccccc4o3)cc2)cc1. The third kappa shape index (κ3) is 3.57. The van der Waals surface area contributed by atoms with Crippen LogP contribution in [0, 0.1) is 0 Å². The lowest BCUT2D eigenvalue weighted by molar-refractivity contribution is 0.601. The molecule has 136 valence electrons. The molecule has 0 aliphatic carbocycles. The minimum Gasteiger partial charge on any atom is -0.436 e. The number of hydrogen-bond acceptors (Lipinski definition) is 4. The van der Waals surface area contributed by atoms with Crippen LogP contribution in [0.1, 0.15) is 12.5 Å². The lowest BCUT2D eigenvalue weighted by atomic mass is 10.2. The van der Waals surface area contributed by atoms with Crippen LogP contribution in [0.5, 0.6) is 0 Å². The summed E-state index contributed by atoms with van der Waals surface area (Å²) in [5.74, 6) is 0.501. The highest BCUT2D eigenvalue weighted by molar-refractivity contribution is 7.92. The zero-order chi connectivity index (χ0) is 18.9. The number of oxazole rings is 1. The number of fused-ring (bicyclic) bond motifs is 1. The molecule has 1 aromatic heterocycles. The molecule has 3 aromatic carbocycles. The van der Waals surface area contributed by atoms with Gasteiger partial charge in [-0.25, -0.2) is 13.4 Å². The van der Waals surface area contributed by atoms with Gasteiger partial charge in [0.15, 0.2) is 5.58 Å². The van der Waals surface area contributed by atoms with E-state index in [1.165, 1.54) is 0 Å². The van der Waals surface area contributed by atoms with Crippen LogP contribution in [0.15, 0.2) is 82.1 Å². The first-order chi connectivity index (χ1) is 13.0. The summed E-state index contributed by atoms with van der Waals surface area (Å²) in [6.07, 6.45) is 0.866. The van der Waals surface area contributed by atoms with E-state index in [-0.39, 0.29) is 4.90 Å². The van der Waals surface area contributed by atoms with Crippen LogP contribution < -0.4 is 4.72 Å². The van der Waals surface area contributed by atoms with Crippen LogP contribution >= 0.6 is 0 Å². The fourth-order valence-electron chi connectivity index (χ4n) is 2.79. The van der Waals surface area contributed by atoms with Crippen molar-refractivity contribution in [2.45, 2.75) is 18.2 Å². The maximum absolute atomic E-state index is 12.5. The molecule has 6 heteroatoms. The lowest BCUT2D eigenvalue weighted by Gasteiger charge is -2.09. The van der Waals surface area contributed by atoms with Gasteiger partial charge in [0, 0.05) is 11.3 Å². The van der Waals surface area contributed by atoms with Crippen LogP contribution in [0.25, 0.3) is 22.6 Å². The Labute approximate surface area is 157 Å². The van der Waals surface area contributed by atoms with Crippen molar-refractivity contribution in [3.8, 4) is 11.5 Å². The number of anilines is 1. The fourth-order valence-corrected chi connectivity index (χ4v) is 3.85. The first-order valence-corrected chi connectivity index (χ1v) is 10.1. The van der Waals surface area contributed by atoms with Crippen molar-refractivity contribution in [1.82, 2.24) is 4.98 Å². The van der Waals surface area contributed by atoms with Gasteiger partial charge in [-0.2, -0.15) is 0 Å². The molecule has 27 heavy (non-hydrogen) atoms. The molecule has 0 bridgehead atoms.